The summed E-state index contributed by atoms with van der Waals surface area (Å²) in [6.45, 7) is 1.17. The summed E-state index contributed by atoms with van der Waals surface area (Å²) in [4.78, 5) is 18.4. The average Bonchev–Trinajstić information content (AvgIpc) is 3.03. The number of rotatable bonds is 4. The number of aliphatic hydroxyl groups excluding tert-OH is 1. The molecule has 1 saturated heterocycles. The van der Waals surface area contributed by atoms with Crippen LogP contribution in [-0.2, 0) is 18.3 Å². The van der Waals surface area contributed by atoms with E-state index in [1.54, 1.807) is 17.2 Å². The smallest absolute Gasteiger partial charge is 0.227 e. The lowest BCUT2D eigenvalue weighted by atomic mass is 9.90. The zero-order valence-corrected chi connectivity index (χ0v) is 14.8. The summed E-state index contributed by atoms with van der Waals surface area (Å²) in [5.74, 6) is 0.297. The highest BCUT2D eigenvalue weighted by Gasteiger charge is 2.30. The fourth-order valence-corrected chi connectivity index (χ4v) is 3.51. The summed E-state index contributed by atoms with van der Waals surface area (Å²) < 4.78 is 14.9. The van der Waals surface area contributed by atoms with Crippen LogP contribution in [-0.4, -0.2) is 38.6 Å². The van der Waals surface area contributed by atoms with Gasteiger partial charge >= 0.3 is 0 Å². The summed E-state index contributed by atoms with van der Waals surface area (Å²) in [6, 6.07) is 4.08. The number of aliphatic hydroxyl groups is 1. The second kappa shape index (κ2) is 7.54. The molecule has 5 nitrogen and oxygen atoms in total. The molecule has 1 N–H and O–H groups in total. The minimum absolute atomic E-state index is 0.0292. The molecule has 0 saturated carbocycles. The standard InChI is InChI=1S/C18H21ClFN3O2/c1-22-9-6-21-18(22)17(25)12-4-7-23(8-5-12)16(24)10-13-2-3-14(20)11-15(13)19/h2-3,6,9,11-12,17,25H,4-5,7-8,10H2,1H3/t17-/m1/s1. The van der Waals surface area contributed by atoms with E-state index in [0.717, 1.165) is 12.8 Å². The van der Waals surface area contributed by atoms with E-state index in [2.05, 4.69) is 4.98 Å². The molecule has 1 amide bonds. The fraction of sp³-hybridized carbons (Fsp3) is 0.444. The topological polar surface area (TPSA) is 58.4 Å². The second-order valence-electron chi connectivity index (χ2n) is 6.47. The number of hydrogen-bond donors (Lipinski definition) is 1. The van der Waals surface area contributed by atoms with Gasteiger partial charge < -0.3 is 14.6 Å². The van der Waals surface area contributed by atoms with Gasteiger partial charge in [0.15, 0.2) is 0 Å². The molecule has 1 atom stereocenters. The third-order valence-electron chi connectivity index (χ3n) is 4.82. The Morgan fingerprint density at radius 2 is 2.16 bits per heavy atom. The first-order valence-electron chi connectivity index (χ1n) is 8.32. The van der Waals surface area contributed by atoms with E-state index < -0.39 is 11.9 Å². The zero-order valence-electron chi connectivity index (χ0n) is 14.0. The minimum atomic E-state index is -0.621. The summed E-state index contributed by atoms with van der Waals surface area (Å²) >= 11 is 6.00. The summed E-state index contributed by atoms with van der Waals surface area (Å²) in [6.07, 6.45) is 4.45. The van der Waals surface area contributed by atoms with Crippen molar-refractivity contribution < 1.29 is 14.3 Å². The molecule has 1 aromatic carbocycles. The summed E-state index contributed by atoms with van der Waals surface area (Å²) in [5.41, 5.74) is 0.628. The second-order valence-corrected chi connectivity index (χ2v) is 6.88. The van der Waals surface area contributed by atoms with Crippen LogP contribution < -0.4 is 0 Å². The van der Waals surface area contributed by atoms with Crippen LogP contribution in [0.2, 0.25) is 5.02 Å². The van der Waals surface area contributed by atoms with Crippen LogP contribution in [0.5, 0.6) is 0 Å². The van der Waals surface area contributed by atoms with E-state index in [1.807, 2.05) is 17.8 Å². The zero-order chi connectivity index (χ0) is 18.0. The number of carbonyl (C=O) groups is 1. The Morgan fingerprint density at radius 3 is 2.76 bits per heavy atom. The molecule has 0 radical (unpaired) electrons. The van der Waals surface area contributed by atoms with Gasteiger partial charge in [-0.2, -0.15) is 0 Å². The first kappa shape index (κ1) is 17.9. The molecule has 0 unspecified atom stereocenters. The number of aromatic nitrogens is 2. The number of likely N-dealkylation sites (tertiary alicyclic amines) is 1. The molecule has 25 heavy (non-hydrogen) atoms. The van der Waals surface area contributed by atoms with Crippen molar-refractivity contribution >= 4 is 17.5 Å². The van der Waals surface area contributed by atoms with E-state index in [-0.39, 0.29) is 23.3 Å². The van der Waals surface area contributed by atoms with Gasteiger partial charge in [-0.15, -0.1) is 0 Å². The first-order chi connectivity index (χ1) is 12.0. The van der Waals surface area contributed by atoms with E-state index >= 15 is 0 Å². The molecule has 3 rings (SSSR count). The Labute approximate surface area is 151 Å². The molecular formula is C18H21ClFN3O2. The lowest BCUT2D eigenvalue weighted by Crippen LogP contribution is -2.40. The maximum absolute atomic E-state index is 13.1. The predicted octanol–water partition coefficient (Wildman–Crippen LogP) is 2.73. The lowest BCUT2D eigenvalue weighted by Gasteiger charge is -2.34. The first-order valence-corrected chi connectivity index (χ1v) is 8.70. The highest BCUT2D eigenvalue weighted by molar-refractivity contribution is 6.31. The molecule has 1 fully saturated rings. The number of imidazole rings is 1. The van der Waals surface area contributed by atoms with Crippen molar-refractivity contribution in [2.75, 3.05) is 13.1 Å². The average molecular weight is 366 g/mol. The summed E-state index contributed by atoms with van der Waals surface area (Å²) in [7, 11) is 1.86. The predicted molar refractivity (Wildman–Crippen MR) is 92.6 cm³/mol. The van der Waals surface area contributed by atoms with Crippen molar-refractivity contribution in [1.82, 2.24) is 14.5 Å². The highest BCUT2D eigenvalue weighted by Crippen LogP contribution is 2.30. The van der Waals surface area contributed by atoms with Crippen LogP contribution in [0.15, 0.2) is 30.6 Å². The third kappa shape index (κ3) is 4.02. The molecule has 134 valence electrons. The monoisotopic (exact) mass is 365 g/mol. The molecule has 0 bridgehead atoms. The third-order valence-corrected chi connectivity index (χ3v) is 5.17. The van der Waals surface area contributed by atoms with Gasteiger partial charge in [-0.3, -0.25) is 4.79 Å². The van der Waals surface area contributed by atoms with Gasteiger partial charge in [0.25, 0.3) is 0 Å². The molecular weight excluding hydrogens is 345 g/mol. The van der Waals surface area contributed by atoms with Gasteiger partial charge in [0.05, 0.1) is 6.42 Å². The van der Waals surface area contributed by atoms with E-state index in [0.29, 0.717) is 24.5 Å². The van der Waals surface area contributed by atoms with E-state index in [1.165, 1.54) is 12.1 Å². The van der Waals surface area contributed by atoms with Gasteiger partial charge in [-0.05, 0) is 36.5 Å². The lowest BCUT2D eigenvalue weighted by molar-refractivity contribution is -0.132. The maximum Gasteiger partial charge on any atom is 0.227 e. The normalized spacial score (nSPS) is 16.9. The SMILES string of the molecule is Cn1ccnc1[C@H](O)C1CCN(C(=O)Cc2ccc(F)cc2Cl)CC1. The van der Waals surface area contributed by atoms with Crippen molar-refractivity contribution in [3.8, 4) is 0 Å². The van der Waals surface area contributed by atoms with Crippen molar-refractivity contribution in [3.05, 3.63) is 52.8 Å². The number of hydrogen-bond acceptors (Lipinski definition) is 3. The molecule has 2 heterocycles. The number of amides is 1. The van der Waals surface area contributed by atoms with Gasteiger partial charge in [-0.1, -0.05) is 17.7 Å². The Kier molecular flexibility index (Phi) is 5.39. The maximum atomic E-state index is 13.1. The number of aryl methyl sites for hydroxylation is 1. The molecule has 0 spiro atoms. The molecule has 2 aromatic rings. The van der Waals surface area contributed by atoms with Crippen LogP contribution in [0.25, 0.3) is 0 Å². The minimum Gasteiger partial charge on any atom is -0.385 e. The van der Waals surface area contributed by atoms with Crippen LogP contribution in [0, 0.1) is 11.7 Å². The Bertz CT molecular complexity index is 757. The van der Waals surface area contributed by atoms with Crippen LogP contribution in [0.4, 0.5) is 4.39 Å². The molecule has 0 aliphatic carbocycles. The quantitative estimate of drug-likeness (QED) is 0.906. The molecule has 1 aliphatic rings. The number of nitrogens with zero attached hydrogens (tertiary/aromatic N) is 3. The van der Waals surface area contributed by atoms with E-state index in [4.69, 9.17) is 11.6 Å². The van der Waals surface area contributed by atoms with Crippen LogP contribution >= 0.6 is 11.6 Å². The number of carbonyl (C=O) groups excluding carboxylic acids is 1. The Hall–Kier alpha value is -1.92. The van der Waals surface area contributed by atoms with Gasteiger partial charge in [0.1, 0.15) is 17.7 Å². The van der Waals surface area contributed by atoms with E-state index in [9.17, 15) is 14.3 Å². The van der Waals surface area contributed by atoms with Crippen molar-refractivity contribution in [2.24, 2.45) is 13.0 Å². The van der Waals surface area contributed by atoms with Crippen LogP contribution in [0.1, 0.15) is 30.3 Å². The number of benzene rings is 1. The molecule has 7 heteroatoms. The fourth-order valence-electron chi connectivity index (χ4n) is 3.28. The van der Waals surface area contributed by atoms with Gasteiger partial charge in [-0.25, -0.2) is 9.37 Å². The van der Waals surface area contributed by atoms with Crippen molar-refractivity contribution in [1.29, 1.82) is 0 Å². The van der Waals surface area contributed by atoms with Crippen molar-refractivity contribution in [3.63, 3.8) is 0 Å². The number of piperidine rings is 1. The van der Waals surface area contributed by atoms with Crippen molar-refractivity contribution in [2.45, 2.75) is 25.4 Å². The van der Waals surface area contributed by atoms with Gasteiger partial charge in [0.2, 0.25) is 5.91 Å². The molecule has 1 aromatic heterocycles. The van der Waals surface area contributed by atoms with Gasteiger partial charge in [0, 0.05) is 37.6 Å². The largest absolute Gasteiger partial charge is 0.385 e. The number of halogens is 2. The van der Waals surface area contributed by atoms with Crippen LogP contribution in [0.3, 0.4) is 0 Å². The Morgan fingerprint density at radius 1 is 1.44 bits per heavy atom. The summed E-state index contributed by atoms with van der Waals surface area (Å²) in [5, 5.41) is 10.8. The molecule has 1 aliphatic heterocycles. The Balaban J connectivity index is 1.56. The highest BCUT2D eigenvalue weighted by atomic mass is 35.5.